The van der Waals surface area contributed by atoms with Gasteiger partial charge in [0.15, 0.2) is 5.76 Å². The average Bonchev–Trinajstić information content (AvgIpc) is 3.08. The molecule has 0 bridgehead atoms. The molecule has 1 aromatic carbocycles. The van der Waals surface area contributed by atoms with Gasteiger partial charge < -0.3 is 14.6 Å². The van der Waals surface area contributed by atoms with Crippen LogP contribution in [0.4, 0.5) is 0 Å². The third kappa shape index (κ3) is 4.73. The Bertz CT molecular complexity index is 887. The molecule has 3 aromatic rings. The van der Waals surface area contributed by atoms with Gasteiger partial charge in [-0.05, 0) is 30.7 Å². The van der Waals surface area contributed by atoms with Gasteiger partial charge in [0.1, 0.15) is 17.9 Å². The van der Waals surface area contributed by atoms with Crippen molar-refractivity contribution in [3.63, 3.8) is 0 Å². The number of nitrogens with one attached hydrogen (secondary N) is 1. The lowest BCUT2D eigenvalue weighted by molar-refractivity contribution is 0.0948. The summed E-state index contributed by atoms with van der Waals surface area (Å²) in [5.74, 6) is 1.31. The third-order valence-corrected chi connectivity index (χ3v) is 4.15. The van der Waals surface area contributed by atoms with Crippen molar-refractivity contribution in [2.24, 2.45) is 0 Å². The molecule has 0 saturated heterocycles. The van der Waals surface area contributed by atoms with Crippen LogP contribution in [-0.2, 0) is 13.2 Å². The number of benzene rings is 1. The van der Waals surface area contributed by atoms with Crippen LogP contribution < -0.4 is 10.1 Å². The highest BCUT2D eigenvalue weighted by molar-refractivity contribution is 5.96. The predicted octanol–water partition coefficient (Wildman–Crippen LogP) is 4.01. The van der Waals surface area contributed by atoms with Crippen LogP contribution in [0.3, 0.4) is 0 Å². The van der Waals surface area contributed by atoms with Gasteiger partial charge in [0.05, 0.1) is 5.69 Å². The molecule has 0 aliphatic rings. The zero-order chi connectivity index (χ0) is 19.2. The molecule has 0 atom stereocenters. The lowest BCUT2D eigenvalue weighted by Crippen LogP contribution is -2.24. The number of hydrogen-bond donors (Lipinski definition) is 1. The van der Waals surface area contributed by atoms with E-state index in [4.69, 9.17) is 9.26 Å². The van der Waals surface area contributed by atoms with Crippen molar-refractivity contribution in [2.45, 2.75) is 39.8 Å². The smallest absolute Gasteiger partial charge is 0.257 e. The van der Waals surface area contributed by atoms with Crippen molar-refractivity contribution in [1.29, 1.82) is 0 Å². The number of amides is 1. The van der Waals surface area contributed by atoms with Crippen molar-refractivity contribution < 1.29 is 14.1 Å². The Labute approximate surface area is 158 Å². The number of ether oxygens (including phenoxy) is 1. The van der Waals surface area contributed by atoms with E-state index in [0.29, 0.717) is 30.2 Å². The van der Waals surface area contributed by atoms with Crippen LogP contribution >= 0.6 is 0 Å². The molecule has 0 fully saturated rings. The van der Waals surface area contributed by atoms with Crippen LogP contribution in [0.2, 0.25) is 0 Å². The zero-order valence-corrected chi connectivity index (χ0v) is 15.7. The lowest BCUT2D eigenvalue weighted by Gasteiger charge is -2.09. The summed E-state index contributed by atoms with van der Waals surface area (Å²) in [7, 11) is 0. The number of aryl methyl sites for hydroxylation is 1. The molecule has 140 valence electrons. The molecular formula is C21H23N3O3. The second-order valence-electron chi connectivity index (χ2n) is 6.64. The molecule has 0 aliphatic heterocycles. The minimum Gasteiger partial charge on any atom is -0.489 e. The molecule has 0 aliphatic carbocycles. The number of pyridine rings is 1. The standard InChI is InChI=1S/C21H23N3O3/c1-14(2)20-19(15(3)24-27-20)21(25)23-12-16-6-8-18(9-7-16)26-13-17-5-4-10-22-11-17/h4-11,14H,12-13H2,1-3H3,(H,23,25). The molecule has 6 nitrogen and oxygen atoms in total. The molecule has 0 saturated carbocycles. The van der Waals surface area contributed by atoms with Gasteiger partial charge in [-0.15, -0.1) is 0 Å². The van der Waals surface area contributed by atoms with Crippen molar-refractivity contribution in [3.8, 4) is 5.75 Å². The number of carbonyl (C=O) groups excluding carboxylic acids is 1. The molecule has 2 heterocycles. The normalized spacial score (nSPS) is 10.8. The van der Waals surface area contributed by atoms with E-state index in [-0.39, 0.29) is 11.8 Å². The van der Waals surface area contributed by atoms with Gasteiger partial charge in [0, 0.05) is 30.4 Å². The van der Waals surface area contributed by atoms with E-state index in [9.17, 15) is 4.79 Å². The molecule has 6 heteroatoms. The SMILES string of the molecule is Cc1noc(C(C)C)c1C(=O)NCc1ccc(OCc2cccnc2)cc1. The van der Waals surface area contributed by atoms with Gasteiger partial charge in [-0.3, -0.25) is 9.78 Å². The minimum atomic E-state index is -0.172. The molecule has 1 N–H and O–H groups in total. The lowest BCUT2D eigenvalue weighted by atomic mass is 10.0. The van der Waals surface area contributed by atoms with Crippen molar-refractivity contribution >= 4 is 5.91 Å². The summed E-state index contributed by atoms with van der Waals surface area (Å²) in [6.07, 6.45) is 3.51. The quantitative estimate of drug-likeness (QED) is 0.684. The first-order valence-corrected chi connectivity index (χ1v) is 8.89. The maximum atomic E-state index is 12.5. The van der Waals surface area contributed by atoms with E-state index >= 15 is 0 Å². The first kappa shape index (κ1) is 18.6. The number of nitrogens with zero attached hydrogens (tertiary/aromatic N) is 2. The Morgan fingerprint density at radius 3 is 2.63 bits per heavy atom. The third-order valence-electron chi connectivity index (χ3n) is 4.15. The number of rotatable bonds is 7. The number of carbonyl (C=O) groups is 1. The van der Waals surface area contributed by atoms with Gasteiger partial charge >= 0.3 is 0 Å². The summed E-state index contributed by atoms with van der Waals surface area (Å²) in [6, 6.07) is 11.5. The maximum absolute atomic E-state index is 12.5. The Morgan fingerprint density at radius 2 is 1.96 bits per heavy atom. The summed E-state index contributed by atoms with van der Waals surface area (Å²) in [4.78, 5) is 16.6. The van der Waals surface area contributed by atoms with E-state index in [1.54, 1.807) is 19.3 Å². The molecule has 0 radical (unpaired) electrons. The second-order valence-corrected chi connectivity index (χ2v) is 6.64. The Morgan fingerprint density at radius 1 is 1.19 bits per heavy atom. The summed E-state index contributed by atoms with van der Waals surface area (Å²) in [5.41, 5.74) is 3.13. The van der Waals surface area contributed by atoms with Crippen molar-refractivity contribution in [2.75, 3.05) is 0 Å². The van der Waals surface area contributed by atoms with Gasteiger partial charge in [-0.1, -0.05) is 37.2 Å². The van der Waals surface area contributed by atoms with E-state index in [2.05, 4.69) is 15.5 Å². The van der Waals surface area contributed by atoms with Crippen LogP contribution in [0.15, 0.2) is 53.3 Å². The fraction of sp³-hybridized carbons (Fsp3) is 0.286. The van der Waals surface area contributed by atoms with Gasteiger partial charge in [0.2, 0.25) is 0 Å². The fourth-order valence-electron chi connectivity index (χ4n) is 2.68. The molecule has 2 aromatic heterocycles. The highest BCUT2D eigenvalue weighted by atomic mass is 16.5. The zero-order valence-electron chi connectivity index (χ0n) is 15.7. The van der Waals surface area contributed by atoms with Crippen LogP contribution in [0, 0.1) is 6.92 Å². The Hall–Kier alpha value is -3.15. The van der Waals surface area contributed by atoms with Crippen molar-refractivity contribution in [3.05, 3.63) is 76.9 Å². The average molecular weight is 365 g/mol. The largest absolute Gasteiger partial charge is 0.489 e. The van der Waals surface area contributed by atoms with Crippen LogP contribution in [0.25, 0.3) is 0 Å². The molecule has 3 rings (SSSR count). The second kappa shape index (κ2) is 8.49. The molecule has 1 amide bonds. The topological polar surface area (TPSA) is 77.2 Å². The van der Waals surface area contributed by atoms with Crippen LogP contribution in [-0.4, -0.2) is 16.0 Å². The van der Waals surface area contributed by atoms with Gasteiger partial charge in [-0.25, -0.2) is 0 Å². The predicted molar refractivity (Wildman–Crippen MR) is 102 cm³/mol. The van der Waals surface area contributed by atoms with E-state index in [0.717, 1.165) is 16.9 Å². The summed E-state index contributed by atoms with van der Waals surface area (Å²) in [6.45, 7) is 6.61. The van der Waals surface area contributed by atoms with E-state index in [1.807, 2.05) is 50.2 Å². The first-order chi connectivity index (χ1) is 13.0. The molecule has 27 heavy (non-hydrogen) atoms. The maximum Gasteiger partial charge on any atom is 0.257 e. The summed E-state index contributed by atoms with van der Waals surface area (Å²) >= 11 is 0. The first-order valence-electron chi connectivity index (χ1n) is 8.89. The monoisotopic (exact) mass is 365 g/mol. The summed E-state index contributed by atoms with van der Waals surface area (Å²) in [5, 5.41) is 6.84. The number of aromatic nitrogens is 2. The highest BCUT2D eigenvalue weighted by Crippen LogP contribution is 2.22. The Balaban J connectivity index is 1.56. The minimum absolute atomic E-state index is 0.100. The molecule has 0 unspecified atom stereocenters. The highest BCUT2D eigenvalue weighted by Gasteiger charge is 2.22. The van der Waals surface area contributed by atoms with E-state index in [1.165, 1.54) is 0 Å². The van der Waals surface area contributed by atoms with Gasteiger partial charge in [0.25, 0.3) is 5.91 Å². The number of hydrogen-bond acceptors (Lipinski definition) is 5. The fourth-order valence-corrected chi connectivity index (χ4v) is 2.68. The summed E-state index contributed by atoms with van der Waals surface area (Å²) < 4.78 is 11.0. The van der Waals surface area contributed by atoms with E-state index < -0.39 is 0 Å². The van der Waals surface area contributed by atoms with Crippen LogP contribution in [0.5, 0.6) is 5.75 Å². The Kier molecular flexibility index (Phi) is 5.86. The molecule has 0 spiro atoms. The van der Waals surface area contributed by atoms with Crippen LogP contribution in [0.1, 0.15) is 52.7 Å². The van der Waals surface area contributed by atoms with Gasteiger partial charge in [-0.2, -0.15) is 0 Å². The molecular weight excluding hydrogens is 342 g/mol. The van der Waals surface area contributed by atoms with Crippen molar-refractivity contribution in [1.82, 2.24) is 15.5 Å².